The molecule has 0 bridgehead atoms. The first kappa shape index (κ1) is 11.2. The number of carbonyl (C=O) groups is 2. The topological polar surface area (TPSA) is 43.4 Å². The van der Waals surface area contributed by atoms with E-state index >= 15 is 0 Å². The molecule has 0 aromatic heterocycles. The molecule has 1 aliphatic carbocycles. The van der Waals surface area contributed by atoms with Crippen LogP contribution in [0.4, 0.5) is 0 Å². The van der Waals surface area contributed by atoms with E-state index < -0.39 is 5.97 Å². The van der Waals surface area contributed by atoms with Crippen LogP contribution in [0.3, 0.4) is 0 Å². The van der Waals surface area contributed by atoms with E-state index in [0.717, 1.165) is 19.3 Å². The summed E-state index contributed by atoms with van der Waals surface area (Å²) in [5.74, 6) is 0.167. The molecular weight excluding hydrogens is 180 g/mol. The van der Waals surface area contributed by atoms with Crippen LogP contribution in [-0.4, -0.2) is 18.9 Å². The van der Waals surface area contributed by atoms with Gasteiger partial charge in [-0.3, -0.25) is 9.59 Å². The van der Waals surface area contributed by atoms with Gasteiger partial charge in [0.1, 0.15) is 12.2 Å². The largest absolute Gasteiger partial charge is 0.469 e. The summed E-state index contributed by atoms with van der Waals surface area (Å²) in [7, 11) is 1.32. The lowest BCUT2D eigenvalue weighted by Gasteiger charge is -2.27. The molecule has 1 fully saturated rings. The molecule has 0 N–H and O–H groups in total. The second kappa shape index (κ2) is 5.13. The van der Waals surface area contributed by atoms with Crippen molar-refractivity contribution in [1.29, 1.82) is 0 Å². The van der Waals surface area contributed by atoms with Gasteiger partial charge in [-0.25, -0.2) is 0 Å². The van der Waals surface area contributed by atoms with Crippen molar-refractivity contribution in [3.8, 4) is 0 Å². The SMILES string of the molecule is COC(=O)CC(=O)C1CCCCC1C. The van der Waals surface area contributed by atoms with E-state index in [-0.39, 0.29) is 18.1 Å². The molecule has 0 aromatic carbocycles. The van der Waals surface area contributed by atoms with Crippen LogP contribution in [0.1, 0.15) is 39.0 Å². The lowest BCUT2D eigenvalue weighted by atomic mass is 9.77. The predicted molar refractivity (Wildman–Crippen MR) is 52.8 cm³/mol. The Bertz CT molecular complexity index is 223. The fourth-order valence-electron chi connectivity index (χ4n) is 2.14. The number of hydrogen-bond donors (Lipinski definition) is 0. The first-order valence-corrected chi connectivity index (χ1v) is 5.24. The van der Waals surface area contributed by atoms with Crippen molar-refractivity contribution in [1.82, 2.24) is 0 Å². The molecule has 2 unspecified atom stereocenters. The highest BCUT2D eigenvalue weighted by molar-refractivity contribution is 5.96. The fourth-order valence-corrected chi connectivity index (χ4v) is 2.14. The van der Waals surface area contributed by atoms with E-state index in [9.17, 15) is 9.59 Å². The second-order valence-corrected chi connectivity index (χ2v) is 4.09. The molecule has 1 rings (SSSR count). The van der Waals surface area contributed by atoms with E-state index in [4.69, 9.17) is 0 Å². The molecule has 0 aliphatic heterocycles. The molecule has 0 heterocycles. The van der Waals surface area contributed by atoms with E-state index in [2.05, 4.69) is 11.7 Å². The number of carbonyl (C=O) groups excluding carboxylic acids is 2. The highest BCUT2D eigenvalue weighted by atomic mass is 16.5. The monoisotopic (exact) mass is 198 g/mol. The van der Waals surface area contributed by atoms with Crippen LogP contribution in [0, 0.1) is 11.8 Å². The van der Waals surface area contributed by atoms with Gasteiger partial charge in [0.15, 0.2) is 0 Å². The van der Waals surface area contributed by atoms with Gasteiger partial charge in [-0.2, -0.15) is 0 Å². The van der Waals surface area contributed by atoms with Gasteiger partial charge in [-0.05, 0) is 12.3 Å². The van der Waals surface area contributed by atoms with Crippen LogP contribution < -0.4 is 0 Å². The van der Waals surface area contributed by atoms with Crippen LogP contribution >= 0.6 is 0 Å². The summed E-state index contributed by atoms with van der Waals surface area (Å²) in [5.41, 5.74) is 0. The minimum absolute atomic E-state index is 0.0501. The lowest BCUT2D eigenvalue weighted by molar-refractivity contribution is -0.144. The average Bonchev–Trinajstić information content (AvgIpc) is 2.18. The van der Waals surface area contributed by atoms with Crippen LogP contribution in [0.5, 0.6) is 0 Å². The second-order valence-electron chi connectivity index (χ2n) is 4.09. The zero-order valence-electron chi connectivity index (χ0n) is 8.91. The Morgan fingerprint density at radius 3 is 2.50 bits per heavy atom. The maximum atomic E-state index is 11.7. The van der Waals surface area contributed by atoms with E-state index in [1.54, 1.807) is 0 Å². The van der Waals surface area contributed by atoms with Crippen molar-refractivity contribution >= 4 is 11.8 Å². The first-order chi connectivity index (χ1) is 6.65. The van der Waals surface area contributed by atoms with E-state index in [1.165, 1.54) is 13.5 Å². The summed E-state index contributed by atoms with van der Waals surface area (Å²) in [4.78, 5) is 22.6. The van der Waals surface area contributed by atoms with Gasteiger partial charge in [0.2, 0.25) is 0 Å². The van der Waals surface area contributed by atoms with Crippen molar-refractivity contribution < 1.29 is 14.3 Å². The van der Waals surface area contributed by atoms with Crippen molar-refractivity contribution in [2.75, 3.05) is 7.11 Å². The molecule has 0 amide bonds. The van der Waals surface area contributed by atoms with Gasteiger partial charge in [0.25, 0.3) is 0 Å². The molecule has 0 radical (unpaired) electrons. The maximum Gasteiger partial charge on any atom is 0.313 e. The van der Waals surface area contributed by atoms with Gasteiger partial charge >= 0.3 is 5.97 Å². The first-order valence-electron chi connectivity index (χ1n) is 5.24. The Kier molecular flexibility index (Phi) is 4.11. The predicted octanol–water partition coefficient (Wildman–Crippen LogP) is 1.94. The van der Waals surface area contributed by atoms with Crippen LogP contribution in [0.15, 0.2) is 0 Å². The maximum absolute atomic E-state index is 11.7. The Labute approximate surface area is 84.8 Å². The van der Waals surface area contributed by atoms with E-state index in [1.807, 2.05) is 0 Å². The Hall–Kier alpha value is -0.860. The molecule has 0 spiro atoms. The highest BCUT2D eigenvalue weighted by Gasteiger charge is 2.28. The molecule has 80 valence electrons. The van der Waals surface area contributed by atoms with Crippen molar-refractivity contribution in [2.24, 2.45) is 11.8 Å². The third kappa shape index (κ3) is 2.82. The van der Waals surface area contributed by atoms with Gasteiger partial charge in [-0.1, -0.05) is 26.2 Å². The molecule has 0 saturated heterocycles. The summed E-state index contributed by atoms with van der Waals surface area (Å²) >= 11 is 0. The minimum atomic E-state index is -0.409. The third-order valence-electron chi connectivity index (χ3n) is 3.07. The molecule has 3 heteroatoms. The van der Waals surface area contributed by atoms with Gasteiger partial charge in [-0.15, -0.1) is 0 Å². The Morgan fingerprint density at radius 1 is 1.29 bits per heavy atom. The summed E-state index contributed by atoms with van der Waals surface area (Å²) in [6.45, 7) is 2.10. The molecule has 0 aromatic rings. The number of esters is 1. The van der Waals surface area contributed by atoms with Crippen molar-refractivity contribution in [3.63, 3.8) is 0 Å². The normalized spacial score (nSPS) is 27.0. The van der Waals surface area contributed by atoms with Crippen molar-refractivity contribution in [2.45, 2.75) is 39.0 Å². The zero-order valence-corrected chi connectivity index (χ0v) is 8.91. The summed E-state index contributed by atoms with van der Waals surface area (Å²) in [6, 6.07) is 0. The number of rotatable bonds is 3. The molecule has 1 aliphatic rings. The Morgan fingerprint density at radius 2 is 1.93 bits per heavy atom. The molecule has 14 heavy (non-hydrogen) atoms. The minimum Gasteiger partial charge on any atom is -0.469 e. The zero-order chi connectivity index (χ0) is 10.6. The molecule has 1 saturated carbocycles. The standard InChI is InChI=1S/C11H18O3/c1-8-5-3-4-6-9(8)10(12)7-11(13)14-2/h8-9H,3-7H2,1-2H3. The summed E-state index contributed by atoms with van der Waals surface area (Å²) in [5, 5.41) is 0. The van der Waals surface area contributed by atoms with Crippen LogP contribution in [0.25, 0.3) is 0 Å². The quantitative estimate of drug-likeness (QED) is 0.514. The lowest BCUT2D eigenvalue weighted by Crippen LogP contribution is -2.27. The van der Waals surface area contributed by atoms with Crippen LogP contribution in [-0.2, 0) is 14.3 Å². The number of ketones is 1. The number of Topliss-reactive ketones (excluding diaryl/α,β-unsaturated/α-hetero) is 1. The number of methoxy groups -OCH3 is 1. The number of ether oxygens (including phenoxy) is 1. The molecular formula is C11H18O3. The summed E-state index contributed by atoms with van der Waals surface area (Å²) in [6.07, 6.45) is 4.32. The van der Waals surface area contributed by atoms with Gasteiger partial charge < -0.3 is 4.74 Å². The third-order valence-corrected chi connectivity index (χ3v) is 3.07. The number of hydrogen-bond acceptors (Lipinski definition) is 3. The highest BCUT2D eigenvalue weighted by Crippen LogP contribution is 2.30. The molecule has 3 nitrogen and oxygen atoms in total. The smallest absolute Gasteiger partial charge is 0.313 e. The molecule has 2 atom stereocenters. The fraction of sp³-hybridized carbons (Fsp3) is 0.818. The average molecular weight is 198 g/mol. The van der Waals surface area contributed by atoms with Gasteiger partial charge in [0, 0.05) is 5.92 Å². The van der Waals surface area contributed by atoms with Gasteiger partial charge in [0.05, 0.1) is 7.11 Å². The van der Waals surface area contributed by atoms with E-state index in [0.29, 0.717) is 5.92 Å². The Balaban J connectivity index is 2.46. The van der Waals surface area contributed by atoms with Crippen LogP contribution in [0.2, 0.25) is 0 Å². The summed E-state index contributed by atoms with van der Waals surface area (Å²) < 4.78 is 4.49. The van der Waals surface area contributed by atoms with Crippen molar-refractivity contribution in [3.05, 3.63) is 0 Å².